The summed E-state index contributed by atoms with van der Waals surface area (Å²) in [5.74, 6) is 0.215. The molecule has 0 spiro atoms. The van der Waals surface area contributed by atoms with E-state index in [4.69, 9.17) is 4.74 Å². The molecule has 0 aliphatic heterocycles. The van der Waals surface area contributed by atoms with Gasteiger partial charge in [-0.2, -0.15) is 0 Å². The molecule has 0 aliphatic carbocycles. The van der Waals surface area contributed by atoms with E-state index < -0.39 is 16.6 Å². The van der Waals surface area contributed by atoms with E-state index in [0.717, 1.165) is 0 Å². The summed E-state index contributed by atoms with van der Waals surface area (Å²) in [5.41, 5.74) is -0.474. The molecular formula is C11H15N3O4. The van der Waals surface area contributed by atoms with E-state index in [2.05, 4.69) is 10.3 Å². The van der Waals surface area contributed by atoms with Crippen molar-refractivity contribution in [1.29, 1.82) is 0 Å². The molecule has 0 saturated heterocycles. The number of aryl methyl sites for hydroxylation is 1. The van der Waals surface area contributed by atoms with Crippen LogP contribution in [-0.2, 0) is 4.74 Å². The number of nitrogens with zero attached hydrogens (tertiary/aromatic N) is 2. The minimum atomic E-state index is -0.650. The topological polar surface area (TPSA) is 94.4 Å². The molecule has 1 rings (SSSR count). The molecule has 0 aromatic carbocycles. The van der Waals surface area contributed by atoms with Gasteiger partial charge in [-0.05, 0) is 33.8 Å². The number of anilines is 1. The van der Waals surface area contributed by atoms with Gasteiger partial charge in [0, 0.05) is 6.07 Å². The molecule has 0 bridgehead atoms. The second-order valence-corrected chi connectivity index (χ2v) is 4.69. The monoisotopic (exact) mass is 253 g/mol. The second-order valence-electron chi connectivity index (χ2n) is 4.69. The van der Waals surface area contributed by atoms with Gasteiger partial charge in [0.05, 0.1) is 4.92 Å². The Hall–Kier alpha value is -2.18. The molecule has 0 atom stereocenters. The largest absolute Gasteiger partial charge is 0.444 e. The molecule has 98 valence electrons. The lowest BCUT2D eigenvalue weighted by atomic mass is 10.2. The quantitative estimate of drug-likeness (QED) is 0.645. The molecule has 1 N–H and O–H groups in total. The van der Waals surface area contributed by atoms with Crippen LogP contribution in [0.2, 0.25) is 0 Å². The highest BCUT2D eigenvalue weighted by Crippen LogP contribution is 2.18. The van der Waals surface area contributed by atoms with Gasteiger partial charge in [-0.1, -0.05) is 0 Å². The van der Waals surface area contributed by atoms with Crippen LogP contribution in [0, 0.1) is 17.0 Å². The number of rotatable bonds is 2. The van der Waals surface area contributed by atoms with Gasteiger partial charge in [-0.25, -0.2) is 9.78 Å². The van der Waals surface area contributed by atoms with Crippen LogP contribution in [0.1, 0.15) is 26.5 Å². The van der Waals surface area contributed by atoms with Gasteiger partial charge in [0.2, 0.25) is 0 Å². The van der Waals surface area contributed by atoms with Crippen LogP contribution >= 0.6 is 0 Å². The minimum Gasteiger partial charge on any atom is -0.444 e. The summed E-state index contributed by atoms with van der Waals surface area (Å²) in [6, 6.07) is 2.64. The Balaban J connectivity index is 2.78. The first-order valence-electron chi connectivity index (χ1n) is 5.31. The molecule has 7 nitrogen and oxygen atoms in total. The van der Waals surface area contributed by atoms with Crippen molar-refractivity contribution in [1.82, 2.24) is 4.98 Å². The molecular weight excluding hydrogens is 238 g/mol. The number of hydrogen-bond acceptors (Lipinski definition) is 5. The molecule has 7 heteroatoms. The standard InChI is InChI=1S/C11H15N3O4/c1-7-8(14(16)17)5-6-9(12-7)13-10(15)18-11(2,3)4/h5-6H,1-4H3,(H,12,13,15). The van der Waals surface area contributed by atoms with Gasteiger partial charge in [0.15, 0.2) is 0 Å². The lowest BCUT2D eigenvalue weighted by molar-refractivity contribution is -0.385. The summed E-state index contributed by atoms with van der Waals surface area (Å²) in [7, 11) is 0. The maximum atomic E-state index is 11.5. The maximum Gasteiger partial charge on any atom is 0.413 e. The molecule has 18 heavy (non-hydrogen) atoms. The number of ether oxygens (including phenoxy) is 1. The van der Waals surface area contributed by atoms with E-state index in [1.54, 1.807) is 20.8 Å². The number of nitro groups is 1. The maximum absolute atomic E-state index is 11.5. The predicted molar refractivity (Wildman–Crippen MR) is 65.5 cm³/mol. The second kappa shape index (κ2) is 4.99. The third kappa shape index (κ3) is 4.00. The fourth-order valence-electron chi connectivity index (χ4n) is 1.22. The van der Waals surface area contributed by atoms with Crippen molar-refractivity contribution < 1.29 is 14.5 Å². The first-order valence-corrected chi connectivity index (χ1v) is 5.31. The number of carbonyl (C=O) groups is 1. The summed E-state index contributed by atoms with van der Waals surface area (Å²) in [6.07, 6.45) is -0.650. The molecule has 0 unspecified atom stereocenters. The Labute approximate surface area is 104 Å². The van der Waals surface area contributed by atoms with E-state index >= 15 is 0 Å². The van der Waals surface area contributed by atoms with Crippen LogP contribution in [0.3, 0.4) is 0 Å². The highest BCUT2D eigenvalue weighted by molar-refractivity contribution is 5.83. The first kappa shape index (κ1) is 13.9. The Morgan fingerprint density at radius 3 is 2.50 bits per heavy atom. The molecule has 1 aromatic rings. The van der Waals surface area contributed by atoms with Crippen molar-refractivity contribution in [3.8, 4) is 0 Å². The zero-order valence-electron chi connectivity index (χ0n) is 10.7. The van der Waals surface area contributed by atoms with Gasteiger partial charge >= 0.3 is 6.09 Å². The van der Waals surface area contributed by atoms with Crippen molar-refractivity contribution in [3.63, 3.8) is 0 Å². The van der Waals surface area contributed by atoms with Crippen molar-refractivity contribution >= 4 is 17.6 Å². The average Bonchev–Trinajstić information content (AvgIpc) is 2.13. The van der Waals surface area contributed by atoms with Crippen LogP contribution < -0.4 is 5.32 Å². The lowest BCUT2D eigenvalue weighted by Crippen LogP contribution is -2.27. The van der Waals surface area contributed by atoms with Crippen molar-refractivity contribution in [3.05, 3.63) is 27.9 Å². The number of aromatic nitrogens is 1. The summed E-state index contributed by atoms with van der Waals surface area (Å²) in [4.78, 5) is 25.4. The normalized spacial score (nSPS) is 10.9. The van der Waals surface area contributed by atoms with Crippen molar-refractivity contribution in [2.24, 2.45) is 0 Å². The molecule has 1 heterocycles. The van der Waals surface area contributed by atoms with Crippen LogP contribution in [0.25, 0.3) is 0 Å². The number of hydrogen-bond donors (Lipinski definition) is 1. The summed E-state index contributed by atoms with van der Waals surface area (Å²) >= 11 is 0. The average molecular weight is 253 g/mol. The first-order chi connectivity index (χ1) is 8.19. The van der Waals surface area contributed by atoms with Gasteiger partial charge in [-0.3, -0.25) is 15.4 Å². The molecule has 0 aliphatic rings. The van der Waals surface area contributed by atoms with Crippen molar-refractivity contribution in [2.75, 3.05) is 5.32 Å². The smallest absolute Gasteiger partial charge is 0.413 e. The fraction of sp³-hybridized carbons (Fsp3) is 0.455. The zero-order valence-corrected chi connectivity index (χ0v) is 10.7. The van der Waals surface area contributed by atoms with E-state index in [0.29, 0.717) is 0 Å². The zero-order chi connectivity index (χ0) is 13.9. The summed E-state index contributed by atoms with van der Waals surface area (Å²) in [5, 5.41) is 13.0. The van der Waals surface area contributed by atoms with E-state index in [9.17, 15) is 14.9 Å². The highest BCUT2D eigenvalue weighted by atomic mass is 16.6. The number of carbonyl (C=O) groups excluding carboxylic acids is 1. The Kier molecular flexibility index (Phi) is 3.85. The number of nitrogens with one attached hydrogen (secondary N) is 1. The SMILES string of the molecule is Cc1nc(NC(=O)OC(C)(C)C)ccc1[N+](=O)[O-]. The molecule has 1 amide bonds. The minimum absolute atomic E-state index is 0.0928. The van der Waals surface area contributed by atoms with Crippen LogP contribution in [0.4, 0.5) is 16.3 Å². The highest BCUT2D eigenvalue weighted by Gasteiger charge is 2.18. The van der Waals surface area contributed by atoms with E-state index in [-0.39, 0.29) is 17.2 Å². The Bertz CT molecular complexity index is 480. The molecule has 0 fully saturated rings. The van der Waals surface area contributed by atoms with Gasteiger partial charge in [0.25, 0.3) is 5.69 Å². The van der Waals surface area contributed by atoms with E-state index in [1.807, 2.05) is 0 Å². The van der Waals surface area contributed by atoms with Crippen LogP contribution in [0.15, 0.2) is 12.1 Å². The van der Waals surface area contributed by atoms with Gasteiger partial charge in [-0.15, -0.1) is 0 Å². The third-order valence-corrected chi connectivity index (χ3v) is 1.88. The molecule has 0 radical (unpaired) electrons. The molecule has 1 aromatic heterocycles. The third-order valence-electron chi connectivity index (χ3n) is 1.88. The number of amides is 1. The molecule has 0 saturated carbocycles. The van der Waals surface area contributed by atoms with Gasteiger partial charge < -0.3 is 4.74 Å². The Morgan fingerprint density at radius 1 is 1.44 bits per heavy atom. The Morgan fingerprint density at radius 2 is 2.06 bits per heavy atom. The lowest BCUT2D eigenvalue weighted by Gasteiger charge is -2.19. The summed E-state index contributed by atoms with van der Waals surface area (Å²) < 4.78 is 5.04. The van der Waals surface area contributed by atoms with Crippen LogP contribution in [-0.4, -0.2) is 21.6 Å². The van der Waals surface area contributed by atoms with Crippen LogP contribution in [0.5, 0.6) is 0 Å². The summed E-state index contributed by atoms with van der Waals surface area (Å²) in [6.45, 7) is 6.71. The fourth-order valence-corrected chi connectivity index (χ4v) is 1.22. The van der Waals surface area contributed by atoms with Crippen molar-refractivity contribution in [2.45, 2.75) is 33.3 Å². The van der Waals surface area contributed by atoms with Gasteiger partial charge in [0.1, 0.15) is 17.1 Å². The number of pyridine rings is 1. The predicted octanol–water partition coefficient (Wildman–Crippen LogP) is 2.65. The van der Waals surface area contributed by atoms with E-state index in [1.165, 1.54) is 19.1 Å².